The van der Waals surface area contributed by atoms with Gasteiger partial charge in [0.05, 0.1) is 23.6 Å². The summed E-state index contributed by atoms with van der Waals surface area (Å²) in [4.78, 5) is 24.5. The van der Waals surface area contributed by atoms with E-state index < -0.39 is 28.7 Å². The van der Waals surface area contributed by atoms with Crippen molar-refractivity contribution in [1.82, 2.24) is 4.98 Å². The Morgan fingerprint density at radius 2 is 2.21 bits per heavy atom. The molecule has 104 valence electrons. The van der Waals surface area contributed by atoms with E-state index in [1.165, 1.54) is 13.0 Å². The number of alkyl halides is 2. The fourth-order valence-electron chi connectivity index (χ4n) is 1.60. The molecule has 8 heteroatoms. The second-order valence-corrected chi connectivity index (χ2v) is 3.70. The molecule has 0 bridgehead atoms. The molecule has 0 saturated heterocycles. The molecule has 0 aliphatic carbocycles. The van der Waals surface area contributed by atoms with Gasteiger partial charge in [-0.2, -0.15) is 0 Å². The molecule has 0 amide bonds. The topological polar surface area (TPSA) is 82.3 Å². The van der Waals surface area contributed by atoms with Crippen LogP contribution in [0.15, 0.2) is 6.07 Å². The van der Waals surface area contributed by atoms with Crippen LogP contribution < -0.4 is 0 Å². The zero-order valence-corrected chi connectivity index (χ0v) is 10.4. The van der Waals surface area contributed by atoms with Crippen molar-refractivity contribution >= 4 is 11.7 Å². The fraction of sp³-hybridized carbons (Fsp3) is 0.455. The van der Waals surface area contributed by atoms with Gasteiger partial charge in [0, 0.05) is 5.56 Å². The highest BCUT2D eigenvalue weighted by atomic mass is 19.3. The SMILES string of the molecule is CCOC(=O)Cc1cc(C)c([N+](=O)[O-])c(C(F)F)n1. The number of aromatic nitrogens is 1. The summed E-state index contributed by atoms with van der Waals surface area (Å²) in [5.74, 6) is -0.622. The molecule has 0 N–H and O–H groups in total. The molecule has 0 fully saturated rings. The van der Waals surface area contributed by atoms with Gasteiger partial charge in [-0.05, 0) is 19.9 Å². The largest absolute Gasteiger partial charge is 0.466 e. The Balaban J connectivity index is 3.17. The zero-order valence-electron chi connectivity index (χ0n) is 10.4. The van der Waals surface area contributed by atoms with Crippen molar-refractivity contribution < 1.29 is 23.2 Å². The molecule has 0 radical (unpaired) electrons. The predicted molar refractivity (Wildman–Crippen MR) is 60.9 cm³/mol. The number of carbonyl (C=O) groups is 1. The lowest BCUT2D eigenvalue weighted by Gasteiger charge is -2.07. The average molecular weight is 274 g/mol. The summed E-state index contributed by atoms with van der Waals surface area (Å²) in [6.07, 6.45) is -3.38. The van der Waals surface area contributed by atoms with E-state index >= 15 is 0 Å². The van der Waals surface area contributed by atoms with Gasteiger partial charge in [0.1, 0.15) is 0 Å². The summed E-state index contributed by atoms with van der Waals surface area (Å²) < 4.78 is 30.2. The molecule has 0 saturated carbocycles. The van der Waals surface area contributed by atoms with Crippen LogP contribution in [0.25, 0.3) is 0 Å². The number of carbonyl (C=O) groups excluding carboxylic acids is 1. The summed E-state index contributed by atoms with van der Waals surface area (Å²) in [6.45, 7) is 3.09. The van der Waals surface area contributed by atoms with E-state index in [1.54, 1.807) is 6.92 Å². The van der Waals surface area contributed by atoms with Crippen LogP contribution in [0.1, 0.15) is 30.3 Å². The third kappa shape index (κ3) is 3.67. The van der Waals surface area contributed by atoms with Gasteiger partial charge in [-0.15, -0.1) is 0 Å². The van der Waals surface area contributed by atoms with E-state index in [9.17, 15) is 23.7 Å². The Morgan fingerprint density at radius 3 is 2.68 bits per heavy atom. The van der Waals surface area contributed by atoms with Gasteiger partial charge >= 0.3 is 5.97 Å². The van der Waals surface area contributed by atoms with E-state index in [-0.39, 0.29) is 24.3 Å². The summed E-state index contributed by atoms with van der Waals surface area (Å²) in [6, 6.07) is 1.24. The Labute approximate surface area is 107 Å². The lowest BCUT2D eigenvalue weighted by atomic mass is 10.1. The first-order valence-corrected chi connectivity index (χ1v) is 5.45. The number of ether oxygens (including phenoxy) is 1. The third-order valence-electron chi connectivity index (χ3n) is 2.28. The molecule has 0 aliphatic heterocycles. The van der Waals surface area contributed by atoms with Crippen LogP contribution in [-0.4, -0.2) is 22.5 Å². The summed E-state index contributed by atoms with van der Waals surface area (Å²) in [5.41, 5.74) is -1.58. The molecule has 0 unspecified atom stereocenters. The van der Waals surface area contributed by atoms with E-state index in [4.69, 9.17) is 0 Å². The van der Waals surface area contributed by atoms with Crippen LogP contribution >= 0.6 is 0 Å². The second-order valence-electron chi connectivity index (χ2n) is 3.70. The van der Waals surface area contributed by atoms with E-state index in [2.05, 4.69) is 9.72 Å². The number of halogens is 2. The van der Waals surface area contributed by atoms with Gasteiger partial charge in [-0.25, -0.2) is 13.8 Å². The van der Waals surface area contributed by atoms with Crippen LogP contribution in [0.3, 0.4) is 0 Å². The number of hydrogen-bond acceptors (Lipinski definition) is 5. The van der Waals surface area contributed by atoms with E-state index in [1.807, 2.05) is 0 Å². The standard InChI is InChI=1S/C11H12F2N2O4/c1-3-19-8(16)5-7-4-6(2)10(15(17)18)9(14-7)11(12)13/h4,11H,3,5H2,1-2H3. The maximum absolute atomic E-state index is 12.8. The monoisotopic (exact) mass is 274 g/mol. The number of nitrogens with zero attached hydrogens (tertiary/aromatic N) is 2. The average Bonchev–Trinajstić information content (AvgIpc) is 2.27. The van der Waals surface area contributed by atoms with Crippen LogP contribution in [0.2, 0.25) is 0 Å². The molecular weight excluding hydrogens is 262 g/mol. The number of rotatable bonds is 5. The van der Waals surface area contributed by atoms with Gasteiger partial charge < -0.3 is 4.74 Å². The quantitative estimate of drug-likeness (QED) is 0.467. The molecule has 0 aromatic carbocycles. The number of nitro groups is 1. The predicted octanol–water partition coefficient (Wildman–Crippen LogP) is 2.34. The van der Waals surface area contributed by atoms with Crippen molar-refractivity contribution in [3.8, 4) is 0 Å². The number of hydrogen-bond donors (Lipinski definition) is 0. The molecule has 6 nitrogen and oxygen atoms in total. The van der Waals surface area contributed by atoms with Gasteiger partial charge in [-0.3, -0.25) is 14.9 Å². The molecule has 1 aromatic rings. The maximum atomic E-state index is 12.8. The number of pyridine rings is 1. The number of aryl methyl sites for hydroxylation is 1. The molecule has 0 spiro atoms. The van der Waals surface area contributed by atoms with Crippen LogP contribution in [0.4, 0.5) is 14.5 Å². The summed E-state index contributed by atoms with van der Waals surface area (Å²) in [5, 5.41) is 10.7. The third-order valence-corrected chi connectivity index (χ3v) is 2.28. The van der Waals surface area contributed by atoms with E-state index in [0.29, 0.717) is 0 Å². The van der Waals surface area contributed by atoms with Crippen molar-refractivity contribution in [2.45, 2.75) is 26.7 Å². The Morgan fingerprint density at radius 1 is 1.58 bits per heavy atom. The second kappa shape index (κ2) is 6.17. The van der Waals surface area contributed by atoms with Crippen molar-refractivity contribution in [2.75, 3.05) is 6.61 Å². The first kappa shape index (κ1) is 14.9. The highest BCUT2D eigenvalue weighted by Gasteiger charge is 2.27. The lowest BCUT2D eigenvalue weighted by Crippen LogP contribution is -2.11. The maximum Gasteiger partial charge on any atom is 0.311 e. The Hall–Kier alpha value is -2.12. The first-order chi connectivity index (χ1) is 8.86. The van der Waals surface area contributed by atoms with Crippen LogP contribution in [-0.2, 0) is 16.0 Å². The summed E-state index contributed by atoms with van der Waals surface area (Å²) >= 11 is 0. The van der Waals surface area contributed by atoms with Gasteiger partial charge in [0.15, 0.2) is 5.69 Å². The normalized spacial score (nSPS) is 10.6. The number of esters is 1. The van der Waals surface area contributed by atoms with Crippen molar-refractivity contribution in [3.63, 3.8) is 0 Å². The minimum Gasteiger partial charge on any atom is -0.466 e. The Bertz CT molecular complexity index is 506. The van der Waals surface area contributed by atoms with E-state index in [0.717, 1.165) is 0 Å². The zero-order chi connectivity index (χ0) is 14.6. The van der Waals surface area contributed by atoms with Gasteiger partial charge in [0.2, 0.25) is 0 Å². The molecule has 1 aromatic heterocycles. The van der Waals surface area contributed by atoms with Gasteiger partial charge in [-0.1, -0.05) is 0 Å². The molecule has 1 rings (SSSR count). The lowest BCUT2D eigenvalue weighted by molar-refractivity contribution is -0.387. The van der Waals surface area contributed by atoms with Gasteiger partial charge in [0.25, 0.3) is 12.1 Å². The fourth-order valence-corrected chi connectivity index (χ4v) is 1.60. The van der Waals surface area contributed by atoms with Crippen LogP contribution in [0, 0.1) is 17.0 Å². The smallest absolute Gasteiger partial charge is 0.311 e. The minimum absolute atomic E-state index is 0.0249. The highest BCUT2D eigenvalue weighted by Crippen LogP contribution is 2.30. The highest BCUT2D eigenvalue weighted by molar-refractivity contribution is 5.72. The van der Waals surface area contributed by atoms with Crippen molar-refractivity contribution in [3.05, 3.63) is 33.1 Å². The molecular formula is C11H12F2N2O4. The molecule has 0 atom stereocenters. The first-order valence-electron chi connectivity index (χ1n) is 5.45. The van der Waals surface area contributed by atoms with Crippen molar-refractivity contribution in [1.29, 1.82) is 0 Å². The summed E-state index contributed by atoms with van der Waals surface area (Å²) in [7, 11) is 0. The molecule has 19 heavy (non-hydrogen) atoms. The Kier molecular flexibility index (Phi) is 4.85. The molecule has 1 heterocycles. The van der Waals surface area contributed by atoms with Crippen LogP contribution in [0.5, 0.6) is 0 Å². The molecule has 0 aliphatic rings. The van der Waals surface area contributed by atoms with Crippen molar-refractivity contribution in [2.24, 2.45) is 0 Å². The minimum atomic E-state index is -3.08.